The van der Waals surface area contributed by atoms with Crippen molar-refractivity contribution in [1.82, 2.24) is 9.88 Å². The molecule has 2 radical (unpaired) electrons. The zero-order valence-corrected chi connectivity index (χ0v) is 11.9. The number of hydrogen-bond acceptors (Lipinski definition) is 3. The Morgan fingerprint density at radius 3 is 2.95 bits per heavy atom. The van der Waals surface area contributed by atoms with Gasteiger partial charge in [-0.1, -0.05) is 18.2 Å². The van der Waals surface area contributed by atoms with E-state index < -0.39 is 0 Å². The summed E-state index contributed by atoms with van der Waals surface area (Å²) < 4.78 is 1.71. The van der Waals surface area contributed by atoms with Crippen molar-refractivity contribution in [2.75, 3.05) is 11.8 Å². The molecule has 0 unspecified atom stereocenters. The number of hydrogen-bond donors (Lipinski definition) is 2. The zero-order valence-electron chi connectivity index (χ0n) is 11.9. The Balaban J connectivity index is 1.71. The van der Waals surface area contributed by atoms with Crippen LogP contribution in [-0.4, -0.2) is 19.1 Å². The summed E-state index contributed by atoms with van der Waals surface area (Å²) in [6, 6.07) is 9.95. The molecule has 0 atom stereocenters. The second-order valence-electron chi connectivity index (χ2n) is 5.37. The lowest BCUT2D eigenvalue weighted by atomic mass is 9.97. The van der Waals surface area contributed by atoms with Gasteiger partial charge in [0.2, 0.25) is 7.98 Å². The molecular weight excluding hydrogens is 261 g/mol. The number of benzene rings is 1. The van der Waals surface area contributed by atoms with Crippen molar-refractivity contribution in [2.24, 2.45) is 0 Å². The minimum atomic E-state index is -0.0346. The molecule has 0 saturated heterocycles. The van der Waals surface area contributed by atoms with Gasteiger partial charge in [0.25, 0.3) is 5.56 Å². The summed E-state index contributed by atoms with van der Waals surface area (Å²) in [6.45, 7) is 2.69. The second kappa shape index (κ2) is 6.18. The Morgan fingerprint density at radius 2 is 2.14 bits per heavy atom. The van der Waals surface area contributed by atoms with Crippen molar-refractivity contribution in [3.63, 3.8) is 0 Å². The first-order valence-electron chi connectivity index (χ1n) is 7.25. The summed E-state index contributed by atoms with van der Waals surface area (Å²) in [4.78, 5) is 11.9. The van der Waals surface area contributed by atoms with Crippen LogP contribution in [0.4, 0.5) is 5.69 Å². The molecule has 2 N–H and O–H groups in total. The van der Waals surface area contributed by atoms with Gasteiger partial charge in [-0.25, -0.2) is 0 Å². The van der Waals surface area contributed by atoms with E-state index in [0.717, 1.165) is 25.9 Å². The predicted octanol–water partition coefficient (Wildman–Crippen LogP) is 1.23. The standard InChI is InChI=1S/C16H18BN3O/c17-19-15-5-8-20(16(21)10-15)7-4-12-1-2-14-11-18-6-3-13(14)9-12/h1-2,5,8-10,18-19H,3-4,6-7,11H2. The van der Waals surface area contributed by atoms with Crippen molar-refractivity contribution >= 4 is 13.7 Å². The van der Waals surface area contributed by atoms with Crippen molar-refractivity contribution in [3.8, 4) is 0 Å². The van der Waals surface area contributed by atoms with Gasteiger partial charge >= 0.3 is 0 Å². The normalized spacial score (nSPS) is 13.7. The summed E-state index contributed by atoms with van der Waals surface area (Å²) in [5.74, 6) is 0. The van der Waals surface area contributed by atoms with Crippen LogP contribution in [-0.2, 0) is 25.9 Å². The van der Waals surface area contributed by atoms with Gasteiger partial charge < -0.3 is 15.1 Å². The molecule has 1 aromatic carbocycles. The Morgan fingerprint density at radius 1 is 1.24 bits per heavy atom. The Bertz CT molecular complexity index is 696. The van der Waals surface area contributed by atoms with Crippen molar-refractivity contribution in [2.45, 2.75) is 25.9 Å². The van der Waals surface area contributed by atoms with Gasteiger partial charge in [0.15, 0.2) is 0 Å². The molecule has 1 aromatic heterocycles. The van der Waals surface area contributed by atoms with Crippen LogP contribution in [0.2, 0.25) is 0 Å². The molecule has 2 aromatic rings. The third-order valence-electron chi connectivity index (χ3n) is 3.96. The SMILES string of the molecule is [B]Nc1ccn(CCc2ccc3c(c2)CCNC3)c(=O)c1. The number of anilines is 1. The molecule has 21 heavy (non-hydrogen) atoms. The molecule has 2 heterocycles. The number of nitrogens with one attached hydrogen (secondary N) is 2. The largest absolute Gasteiger partial charge is 0.437 e. The fourth-order valence-electron chi connectivity index (χ4n) is 2.72. The first-order valence-corrected chi connectivity index (χ1v) is 7.25. The second-order valence-corrected chi connectivity index (χ2v) is 5.37. The van der Waals surface area contributed by atoms with Crippen LogP contribution >= 0.6 is 0 Å². The number of aromatic nitrogens is 1. The number of rotatable bonds is 4. The van der Waals surface area contributed by atoms with Gasteiger partial charge in [0.05, 0.1) is 0 Å². The molecule has 0 fully saturated rings. The van der Waals surface area contributed by atoms with Crippen LogP contribution in [0.25, 0.3) is 0 Å². The molecule has 1 aliphatic heterocycles. The molecule has 3 rings (SSSR count). The molecule has 0 spiro atoms. The fraction of sp³-hybridized carbons (Fsp3) is 0.312. The van der Waals surface area contributed by atoms with Crippen molar-refractivity contribution in [3.05, 3.63) is 63.6 Å². The van der Waals surface area contributed by atoms with Crippen LogP contribution < -0.4 is 16.1 Å². The predicted molar refractivity (Wildman–Crippen MR) is 85.6 cm³/mol. The topological polar surface area (TPSA) is 46.1 Å². The maximum absolute atomic E-state index is 11.9. The van der Waals surface area contributed by atoms with E-state index in [1.807, 2.05) is 0 Å². The highest BCUT2D eigenvalue weighted by Crippen LogP contribution is 2.16. The maximum Gasteiger partial charge on any atom is 0.252 e. The highest BCUT2D eigenvalue weighted by atomic mass is 16.1. The fourth-order valence-corrected chi connectivity index (χ4v) is 2.72. The summed E-state index contributed by atoms with van der Waals surface area (Å²) in [5, 5.41) is 5.86. The molecule has 5 heteroatoms. The maximum atomic E-state index is 11.9. The minimum Gasteiger partial charge on any atom is -0.437 e. The molecular formula is C16H18BN3O. The quantitative estimate of drug-likeness (QED) is 0.828. The molecule has 0 amide bonds. The van der Waals surface area contributed by atoms with E-state index in [1.54, 1.807) is 16.8 Å². The first-order chi connectivity index (χ1) is 10.3. The monoisotopic (exact) mass is 279 g/mol. The van der Waals surface area contributed by atoms with E-state index in [4.69, 9.17) is 7.98 Å². The third-order valence-corrected chi connectivity index (χ3v) is 3.96. The van der Waals surface area contributed by atoms with Gasteiger partial charge in [0, 0.05) is 31.0 Å². The minimum absolute atomic E-state index is 0.0346. The van der Waals surface area contributed by atoms with Crippen LogP contribution in [0.5, 0.6) is 0 Å². The van der Waals surface area contributed by atoms with Gasteiger partial charge in [-0.2, -0.15) is 0 Å². The van der Waals surface area contributed by atoms with E-state index in [0.29, 0.717) is 12.2 Å². The summed E-state index contributed by atoms with van der Waals surface area (Å²) >= 11 is 0. The Labute approximate surface area is 125 Å². The van der Waals surface area contributed by atoms with E-state index in [1.165, 1.54) is 22.8 Å². The van der Waals surface area contributed by atoms with Crippen molar-refractivity contribution < 1.29 is 0 Å². The van der Waals surface area contributed by atoms with E-state index in [-0.39, 0.29) is 5.56 Å². The van der Waals surface area contributed by atoms with Crippen LogP contribution in [0.3, 0.4) is 0 Å². The summed E-state index contributed by atoms with van der Waals surface area (Å²) in [6.07, 6.45) is 3.72. The zero-order chi connectivity index (χ0) is 14.7. The molecule has 0 bridgehead atoms. The average Bonchev–Trinajstić information content (AvgIpc) is 2.53. The van der Waals surface area contributed by atoms with Crippen LogP contribution in [0.15, 0.2) is 41.3 Å². The van der Waals surface area contributed by atoms with Crippen LogP contribution in [0, 0.1) is 0 Å². The summed E-state index contributed by atoms with van der Waals surface area (Å²) in [7, 11) is 5.30. The lowest BCUT2D eigenvalue weighted by molar-refractivity contribution is 0.638. The highest BCUT2D eigenvalue weighted by Gasteiger charge is 2.08. The highest BCUT2D eigenvalue weighted by molar-refractivity contribution is 6.15. The lowest BCUT2D eigenvalue weighted by Crippen LogP contribution is -2.24. The third kappa shape index (κ3) is 3.19. The van der Waals surface area contributed by atoms with Gasteiger partial charge in [-0.15, -0.1) is 0 Å². The van der Waals surface area contributed by atoms with Gasteiger partial charge in [-0.05, 0) is 42.1 Å². The number of nitrogens with zero attached hydrogens (tertiary/aromatic N) is 1. The smallest absolute Gasteiger partial charge is 0.252 e. The summed E-state index contributed by atoms with van der Waals surface area (Å²) in [5.41, 5.74) is 4.70. The number of fused-ring (bicyclic) bond motifs is 1. The van der Waals surface area contributed by atoms with Gasteiger partial charge in [-0.3, -0.25) is 4.79 Å². The molecule has 0 saturated carbocycles. The number of aryl methyl sites for hydroxylation is 2. The molecule has 0 aliphatic carbocycles. The molecule has 4 nitrogen and oxygen atoms in total. The molecule has 106 valence electrons. The lowest BCUT2D eigenvalue weighted by Gasteiger charge is -2.18. The molecule has 1 aliphatic rings. The van der Waals surface area contributed by atoms with Gasteiger partial charge in [0.1, 0.15) is 0 Å². The van der Waals surface area contributed by atoms with Crippen molar-refractivity contribution in [1.29, 1.82) is 0 Å². The Kier molecular flexibility index (Phi) is 4.11. The Hall–Kier alpha value is -2.01. The average molecular weight is 279 g/mol. The van der Waals surface area contributed by atoms with E-state index in [2.05, 4.69) is 28.7 Å². The van der Waals surface area contributed by atoms with E-state index >= 15 is 0 Å². The number of pyridine rings is 1. The first kappa shape index (κ1) is 14.0. The van der Waals surface area contributed by atoms with E-state index in [9.17, 15) is 4.79 Å². The van der Waals surface area contributed by atoms with Crippen LogP contribution in [0.1, 0.15) is 16.7 Å².